The number of aryl methyl sites for hydroxylation is 2. The van der Waals surface area contributed by atoms with Gasteiger partial charge >= 0.3 is 0 Å². The summed E-state index contributed by atoms with van der Waals surface area (Å²) in [6.07, 6.45) is 1.56. The highest BCUT2D eigenvalue weighted by Crippen LogP contribution is 2.13. The summed E-state index contributed by atoms with van der Waals surface area (Å²) in [7, 11) is 0. The van der Waals surface area contributed by atoms with E-state index in [0.717, 1.165) is 22.6 Å². The van der Waals surface area contributed by atoms with Gasteiger partial charge in [0.2, 0.25) is 0 Å². The van der Waals surface area contributed by atoms with Gasteiger partial charge in [-0.05, 0) is 37.6 Å². The standard InChI is InChI=1S/C15H14N6/c1-11-7-12(2)21(18-11)14-5-3-13(4-6-14)9-20-10-17-15(8-16)19-20/h3-7,10H,9H2,1-2H3. The molecule has 0 amide bonds. The van der Waals surface area contributed by atoms with Gasteiger partial charge in [-0.25, -0.2) is 14.3 Å². The quantitative estimate of drug-likeness (QED) is 0.734. The molecule has 6 nitrogen and oxygen atoms in total. The van der Waals surface area contributed by atoms with Crippen LogP contribution in [0.3, 0.4) is 0 Å². The monoisotopic (exact) mass is 278 g/mol. The molecule has 0 aliphatic rings. The minimum atomic E-state index is 0.189. The van der Waals surface area contributed by atoms with Crippen LogP contribution in [0.1, 0.15) is 22.8 Å². The van der Waals surface area contributed by atoms with Crippen LogP contribution >= 0.6 is 0 Å². The molecule has 2 aromatic heterocycles. The van der Waals surface area contributed by atoms with Gasteiger partial charge in [0.1, 0.15) is 12.4 Å². The second-order valence-electron chi connectivity index (χ2n) is 4.88. The second-order valence-corrected chi connectivity index (χ2v) is 4.88. The van der Waals surface area contributed by atoms with Gasteiger partial charge < -0.3 is 0 Å². The normalized spacial score (nSPS) is 10.5. The van der Waals surface area contributed by atoms with Crippen molar-refractivity contribution < 1.29 is 0 Å². The van der Waals surface area contributed by atoms with Crippen LogP contribution in [0.2, 0.25) is 0 Å². The number of rotatable bonds is 3. The molecule has 0 aliphatic heterocycles. The third kappa shape index (κ3) is 2.67. The van der Waals surface area contributed by atoms with Crippen molar-refractivity contribution >= 4 is 0 Å². The van der Waals surface area contributed by atoms with Crippen molar-refractivity contribution in [3.8, 4) is 11.8 Å². The zero-order valence-electron chi connectivity index (χ0n) is 11.9. The Bertz CT molecular complexity index is 804. The first-order chi connectivity index (χ1) is 10.2. The molecule has 0 unspecified atom stereocenters. The number of hydrogen-bond donors (Lipinski definition) is 0. The van der Waals surface area contributed by atoms with Gasteiger partial charge in [0.05, 0.1) is 17.9 Å². The number of aromatic nitrogens is 5. The van der Waals surface area contributed by atoms with E-state index < -0.39 is 0 Å². The summed E-state index contributed by atoms with van der Waals surface area (Å²) in [5.41, 5.74) is 4.23. The Labute approximate surface area is 122 Å². The van der Waals surface area contributed by atoms with Gasteiger partial charge in [-0.3, -0.25) is 0 Å². The van der Waals surface area contributed by atoms with E-state index in [2.05, 4.69) is 15.2 Å². The van der Waals surface area contributed by atoms with Gasteiger partial charge in [0.25, 0.3) is 5.82 Å². The fourth-order valence-electron chi connectivity index (χ4n) is 2.24. The molecule has 0 bridgehead atoms. The van der Waals surface area contributed by atoms with E-state index in [1.54, 1.807) is 11.0 Å². The molecule has 0 aliphatic carbocycles. The fourth-order valence-corrected chi connectivity index (χ4v) is 2.24. The molecule has 0 saturated carbocycles. The van der Waals surface area contributed by atoms with Crippen LogP contribution in [0.25, 0.3) is 5.69 Å². The Morgan fingerprint density at radius 2 is 1.90 bits per heavy atom. The van der Waals surface area contributed by atoms with Crippen molar-refractivity contribution in [1.82, 2.24) is 24.5 Å². The van der Waals surface area contributed by atoms with E-state index in [1.807, 2.05) is 54.9 Å². The average molecular weight is 278 g/mol. The molecular weight excluding hydrogens is 264 g/mol. The molecule has 21 heavy (non-hydrogen) atoms. The Morgan fingerprint density at radius 3 is 2.48 bits per heavy atom. The molecule has 0 N–H and O–H groups in total. The molecule has 2 heterocycles. The topological polar surface area (TPSA) is 72.3 Å². The van der Waals surface area contributed by atoms with Crippen LogP contribution in [0.5, 0.6) is 0 Å². The Morgan fingerprint density at radius 1 is 1.14 bits per heavy atom. The highest BCUT2D eigenvalue weighted by Gasteiger charge is 2.04. The van der Waals surface area contributed by atoms with Gasteiger partial charge in [0.15, 0.2) is 0 Å². The highest BCUT2D eigenvalue weighted by atomic mass is 15.3. The fraction of sp³-hybridized carbons (Fsp3) is 0.200. The van der Waals surface area contributed by atoms with E-state index in [4.69, 9.17) is 5.26 Å². The van der Waals surface area contributed by atoms with Crippen molar-refractivity contribution in [3.05, 3.63) is 59.4 Å². The summed E-state index contributed by atoms with van der Waals surface area (Å²) in [4.78, 5) is 3.89. The highest BCUT2D eigenvalue weighted by molar-refractivity contribution is 5.36. The summed E-state index contributed by atoms with van der Waals surface area (Å²) in [5.74, 6) is 0.189. The first kappa shape index (κ1) is 13.1. The van der Waals surface area contributed by atoms with E-state index in [-0.39, 0.29) is 5.82 Å². The van der Waals surface area contributed by atoms with Crippen molar-refractivity contribution in [2.75, 3.05) is 0 Å². The third-order valence-electron chi connectivity index (χ3n) is 3.17. The van der Waals surface area contributed by atoms with E-state index in [1.165, 1.54) is 0 Å². The van der Waals surface area contributed by atoms with Gasteiger partial charge in [-0.2, -0.15) is 10.4 Å². The minimum Gasteiger partial charge on any atom is -0.247 e. The minimum absolute atomic E-state index is 0.189. The maximum absolute atomic E-state index is 8.71. The van der Waals surface area contributed by atoms with Crippen molar-refractivity contribution in [2.45, 2.75) is 20.4 Å². The SMILES string of the molecule is Cc1cc(C)n(-c2ccc(Cn3cnc(C#N)n3)cc2)n1. The second kappa shape index (κ2) is 5.21. The summed E-state index contributed by atoms with van der Waals surface area (Å²) < 4.78 is 3.57. The Balaban J connectivity index is 1.81. The number of nitriles is 1. The molecule has 0 fully saturated rings. The van der Waals surface area contributed by atoms with Crippen LogP contribution in [-0.2, 0) is 6.54 Å². The Hall–Kier alpha value is -2.94. The number of hydrogen-bond acceptors (Lipinski definition) is 4. The Kier molecular flexibility index (Phi) is 3.24. The van der Waals surface area contributed by atoms with Gasteiger partial charge in [-0.1, -0.05) is 12.1 Å². The van der Waals surface area contributed by atoms with E-state index in [9.17, 15) is 0 Å². The smallest absolute Gasteiger partial charge is 0.247 e. The van der Waals surface area contributed by atoms with Crippen LogP contribution in [-0.4, -0.2) is 24.5 Å². The lowest BCUT2D eigenvalue weighted by Gasteiger charge is -2.06. The zero-order valence-corrected chi connectivity index (χ0v) is 11.9. The summed E-state index contributed by atoms with van der Waals surface area (Å²) in [6.45, 7) is 4.61. The molecule has 0 saturated heterocycles. The number of nitrogens with zero attached hydrogens (tertiary/aromatic N) is 6. The van der Waals surface area contributed by atoms with Crippen LogP contribution in [0.4, 0.5) is 0 Å². The van der Waals surface area contributed by atoms with Gasteiger partial charge in [0, 0.05) is 5.69 Å². The molecule has 1 aromatic carbocycles. The van der Waals surface area contributed by atoms with Crippen molar-refractivity contribution in [2.24, 2.45) is 0 Å². The summed E-state index contributed by atoms with van der Waals surface area (Å²) in [5, 5.41) is 17.2. The lowest BCUT2D eigenvalue weighted by molar-refractivity contribution is 0.682. The van der Waals surface area contributed by atoms with Crippen LogP contribution in [0, 0.1) is 25.2 Å². The molecule has 104 valence electrons. The molecule has 0 spiro atoms. The van der Waals surface area contributed by atoms with E-state index in [0.29, 0.717) is 6.54 Å². The zero-order chi connectivity index (χ0) is 14.8. The van der Waals surface area contributed by atoms with Crippen LogP contribution < -0.4 is 0 Å². The van der Waals surface area contributed by atoms with Crippen molar-refractivity contribution in [1.29, 1.82) is 5.26 Å². The van der Waals surface area contributed by atoms with Crippen LogP contribution in [0.15, 0.2) is 36.7 Å². The summed E-state index contributed by atoms with van der Waals surface area (Å²) >= 11 is 0. The van der Waals surface area contributed by atoms with E-state index >= 15 is 0 Å². The lowest BCUT2D eigenvalue weighted by Crippen LogP contribution is -2.02. The summed E-state index contributed by atoms with van der Waals surface area (Å²) in [6, 6.07) is 12.1. The maximum Gasteiger partial charge on any atom is 0.252 e. The first-order valence-corrected chi connectivity index (χ1v) is 6.58. The lowest BCUT2D eigenvalue weighted by atomic mass is 10.2. The average Bonchev–Trinajstić information content (AvgIpc) is 3.06. The molecule has 6 heteroatoms. The predicted octanol–water partition coefficient (Wildman–Crippen LogP) is 2.00. The predicted molar refractivity (Wildman–Crippen MR) is 76.9 cm³/mol. The molecule has 3 rings (SSSR count). The largest absolute Gasteiger partial charge is 0.252 e. The van der Waals surface area contributed by atoms with Gasteiger partial charge in [-0.15, -0.1) is 5.10 Å². The third-order valence-corrected chi connectivity index (χ3v) is 3.17. The molecular formula is C15H14N6. The maximum atomic E-state index is 8.71. The first-order valence-electron chi connectivity index (χ1n) is 6.58. The van der Waals surface area contributed by atoms with Crippen molar-refractivity contribution in [3.63, 3.8) is 0 Å². The molecule has 3 aromatic rings. The number of benzene rings is 1. The molecule has 0 radical (unpaired) electrons. The molecule has 0 atom stereocenters.